The molecule has 5 heteroatoms. The minimum absolute atomic E-state index is 0.186. The third kappa shape index (κ3) is 3.12. The highest BCUT2D eigenvalue weighted by Crippen LogP contribution is 2.44. The summed E-state index contributed by atoms with van der Waals surface area (Å²) in [5.74, 6) is 0.712. The van der Waals surface area contributed by atoms with Crippen molar-refractivity contribution < 1.29 is 17.9 Å². The number of anilines is 2. The molecule has 0 bridgehead atoms. The number of halogens is 3. The summed E-state index contributed by atoms with van der Waals surface area (Å²) < 4.78 is 43.4. The topological polar surface area (TPSA) is 21.3 Å². The zero-order valence-electron chi connectivity index (χ0n) is 12.0. The molecule has 112 valence electrons. The summed E-state index contributed by atoms with van der Waals surface area (Å²) in [4.78, 5) is 0. The second-order valence-electron chi connectivity index (χ2n) is 4.44. The average molecular weight is 295 g/mol. The van der Waals surface area contributed by atoms with Crippen molar-refractivity contribution in [2.75, 3.05) is 5.32 Å². The molecule has 0 aliphatic carbocycles. The van der Waals surface area contributed by atoms with Crippen LogP contribution in [0.4, 0.5) is 24.5 Å². The number of fused-ring (bicyclic) bond motifs is 2. The van der Waals surface area contributed by atoms with Crippen LogP contribution in [0.2, 0.25) is 0 Å². The molecule has 0 unspecified atom stereocenters. The molecule has 1 aliphatic rings. The van der Waals surface area contributed by atoms with E-state index in [1.165, 1.54) is 6.07 Å². The van der Waals surface area contributed by atoms with E-state index in [1.54, 1.807) is 6.07 Å². The van der Waals surface area contributed by atoms with Crippen molar-refractivity contribution >= 4 is 11.4 Å². The quantitative estimate of drug-likeness (QED) is 0.558. The van der Waals surface area contributed by atoms with E-state index in [2.05, 4.69) is 5.32 Å². The van der Waals surface area contributed by atoms with Gasteiger partial charge in [-0.1, -0.05) is 19.9 Å². The van der Waals surface area contributed by atoms with E-state index in [1.807, 2.05) is 32.9 Å². The average Bonchev–Trinajstić information content (AvgIpc) is 2.45. The minimum atomic E-state index is -4.37. The van der Waals surface area contributed by atoms with Crippen molar-refractivity contribution in [3.05, 3.63) is 47.5 Å². The van der Waals surface area contributed by atoms with E-state index in [0.717, 1.165) is 23.4 Å². The smallest absolute Gasteiger partial charge is 0.416 e. The van der Waals surface area contributed by atoms with Crippen LogP contribution < -0.4 is 10.1 Å². The van der Waals surface area contributed by atoms with E-state index in [-0.39, 0.29) is 5.75 Å². The molecule has 0 fully saturated rings. The normalized spacial score (nSPS) is 12.1. The Morgan fingerprint density at radius 2 is 1.62 bits per heavy atom. The van der Waals surface area contributed by atoms with Crippen LogP contribution in [-0.2, 0) is 6.18 Å². The highest BCUT2D eigenvalue weighted by molar-refractivity contribution is 5.76. The van der Waals surface area contributed by atoms with Crippen molar-refractivity contribution in [1.29, 1.82) is 0 Å². The summed E-state index contributed by atoms with van der Waals surface area (Å²) in [5.41, 5.74) is 1.62. The van der Waals surface area contributed by atoms with Crippen molar-refractivity contribution in [3.63, 3.8) is 0 Å². The molecule has 0 aromatic heterocycles. The number of nitrogens with one attached hydrogen (secondary N) is 1. The monoisotopic (exact) mass is 295 g/mol. The maximum absolute atomic E-state index is 12.6. The number of rotatable bonds is 0. The minimum Gasteiger partial charge on any atom is -0.453 e. The molecule has 1 aliphatic heterocycles. The summed E-state index contributed by atoms with van der Waals surface area (Å²) in [5, 5.41) is 3.07. The van der Waals surface area contributed by atoms with Gasteiger partial charge in [-0.05, 0) is 42.8 Å². The van der Waals surface area contributed by atoms with Crippen molar-refractivity contribution in [1.82, 2.24) is 0 Å². The Hall–Kier alpha value is -2.17. The maximum Gasteiger partial charge on any atom is 0.416 e. The Balaban J connectivity index is 0.000000774. The van der Waals surface area contributed by atoms with Crippen LogP contribution >= 0.6 is 0 Å². The molecule has 2 aromatic rings. The molecule has 0 atom stereocenters. The highest BCUT2D eigenvalue weighted by atomic mass is 19.4. The number of aryl methyl sites for hydroxylation is 1. The van der Waals surface area contributed by atoms with E-state index < -0.39 is 11.7 Å². The number of hydrogen-bond acceptors (Lipinski definition) is 2. The van der Waals surface area contributed by atoms with Crippen LogP contribution in [0.25, 0.3) is 0 Å². The first kappa shape index (κ1) is 15.2. The molecular formula is C16H16F3NO. The summed E-state index contributed by atoms with van der Waals surface area (Å²) in [6, 6.07) is 8.89. The summed E-state index contributed by atoms with van der Waals surface area (Å²) in [6.07, 6.45) is -4.37. The Morgan fingerprint density at radius 1 is 0.905 bits per heavy atom. The van der Waals surface area contributed by atoms with Gasteiger partial charge in [-0.15, -0.1) is 0 Å². The van der Waals surface area contributed by atoms with Crippen LogP contribution in [-0.4, -0.2) is 0 Å². The number of ether oxygens (including phenoxy) is 1. The molecule has 1 N–H and O–H groups in total. The standard InChI is InChI=1S/C14H10F3NO.C2H6/c1-8-2-5-12-11(6-8)18-10-4-3-9(14(15,16)17)7-13(10)19-12;1-2/h2-7,18H,1H3;1-2H3. The first-order valence-corrected chi connectivity index (χ1v) is 6.70. The zero-order chi connectivity index (χ0) is 15.6. The lowest BCUT2D eigenvalue weighted by atomic mass is 10.1. The van der Waals surface area contributed by atoms with E-state index >= 15 is 0 Å². The lowest BCUT2D eigenvalue weighted by molar-refractivity contribution is -0.137. The molecule has 2 aromatic carbocycles. The molecular weight excluding hydrogens is 279 g/mol. The van der Waals surface area contributed by atoms with Gasteiger partial charge in [-0.2, -0.15) is 13.2 Å². The Kier molecular flexibility index (Phi) is 4.11. The molecule has 21 heavy (non-hydrogen) atoms. The lowest BCUT2D eigenvalue weighted by Crippen LogP contribution is -2.08. The molecule has 3 rings (SSSR count). The number of hydrogen-bond donors (Lipinski definition) is 1. The Labute approximate surface area is 121 Å². The van der Waals surface area contributed by atoms with Crippen LogP contribution in [0.15, 0.2) is 36.4 Å². The van der Waals surface area contributed by atoms with Crippen LogP contribution in [0.3, 0.4) is 0 Å². The van der Waals surface area contributed by atoms with Gasteiger partial charge in [0.25, 0.3) is 0 Å². The van der Waals surface area contributed by atoms with E-state index in [4.69, 9.17) is 4.74 Å². The number of benzene rings is 2. The number of alkyl halides is 3. The predicted octanol–water partition coefficient (Wildman–Crippen LogP) is 5.89. The zero-order valence-corrected chi connectivity index (χ0v) is 12.0. The third-order valence-corrected chi connectivity index (χ3v) is 2.93. The van der Waals surface area contributed by atoms with Gasteiger partial charge in [-0.25, -0.2) is 0 Å². The van der Waals surface area contributed by atoms with Crippen molar-refractivity contribution in [2.24, 2.45) is 0 Å². The van der Waals surface area contributed by atoms with Crippen LogP contribution in [0.5, 0.6) is 11.5 Å². The second kappa shape index (κ2) is 5.68. The van der Waals surface area contributed by atoms with Gasteiger partial charge in [0.15, 0.2) is 11.5 Å². The Bertz CT molecular complexity index is 650. The van der Waals surface area contributed by atoms with Gasteiger partial charge in [0, 0.05) is 0 Å². The van der Waals surface area contributed by atoms with Crippen LogP contribution in [0, 0.1) is 6.92 Å². The first-order valence-electron chi connectivity index (χ1n) is 6.70. The SMILES string of the molecule is CC.Cc1ccc2c(c1)Nc1ccc(C(F)(F)F)cc1O2. The summed E-state index contributed by atoms with van der Waals surface area (Å²) in [7, 11) is 0. The predicted molar refractivity (Wildman–Crippen MR) is 77.3 cm³/mol. The van der Waals surface area contributed by atoms with E-state index in [0.29, 0.717) is 11.4 Å². The largest absolute Gasteiger partial charge is 0.453 e. The molecule has 0 radical (unpaired) electrons. The van der Waals surface area contributed by atoms with Gasteiger partial charge in [0.2, 0.25) is 0 Å². The molecule has 1 heterocycles. The van der Waals surface area contributed by atoms with Gasteiger partial charge in [0.05, 0.1) is 16.9 Å². The summed E-state index contributed by atoms with van der Waals surface area (Å²) in [6.45, 7) is 5.93. The first-order chi connectivity index (χ1) is 9.93. The second-order valence-corrected chi connectivity index (χ2v) is 4.44. The fraction of sp³-hybridized carbons (Fsp3) is 0.250. The van der Waals surface area contributed by atoms with Gasteiger partial charge in [0.1, 0.15) is 0 Å². The van der Waals surface area contributed by atoms with Crippen molar-refractivity contribution in [2.45, 2.75) is 26.9 Å². The fourth-order valence-electron chi connectivity index (χ4n) is 1.98. The van der Waals surface area contributed by atoms with E-state index in [9.17, 15) is 13.2 Å². The molecule has 0 amide bonds. The lowest BCUT2D eigenvalue weighted by Gasteiger charge is -2.23. The molecule has 2 nitrogen and oxygen atoms in total. The molecule has 0 saturated heterocycles. The molecule has 0 spiro atoms. The highest BCUT2D eigenvalue weighted by Gasteiger charge is 2.32. The maximum atomic E-state index is 12.6. The van der Waals surface area contributed by atoms with Gasteiger partial charge >= 0.3 is 6.18 Å². The van der Waals surface area contributed by atoms with Gasteiger partial charge in [-0.3, -0.25) is 0 Å². The summed E-state index contributed by atoms with van der Waals surface area (Å²) >= 11 is 0. The third-order valence-electron chi connectivity index (χ3n) is 2.93. The Morgan fingerprint density at radius 3 is 2.29 bits per heavy atom. The van der Waals surface area contributed by atoms with Crippen molar-refractivity contribution in [3.8, 4) is 11.5 Å². The van der Waals surface area contributed by atoms with Gasteiger partial charge < -0.3 is 10.1 Å². The molecule has 0 saturated carbocycles. The van der Waals surface area contributed by atoms with Crippen LogP contribution in [0.1, 0.15) is 25.0 Å². The fourth-order valence-corrected chi connectivity index (χ4v) is 1.98.